The summed E-state index contributed by atoms with van der Waals surface area (Å²) in [6.07, 6.45) is 2.70. The number of methoxy groups -OCH3 is 1. The van der Waals surface area contributed by atoms with E-state index in [0.717, 1.165) is 41.7 Å². The number of aryl methyl sites for hydroxylation is 1. The molecule has 0 atom stereocenters. The van der Waals surface area contributed by atoms with E-state index < -0.39 is 9.84 Å². The number of ether oxygens (including phenoxy) is 1. The number of hydrogen-bond donors (Lipinski definition) is 0. The summed E-state index contributed by atoms with van der Waals surface area (Å²) in [6.45, 7) is 7.67. The quantitative estimate of drug-likeness (QED) is 0.750. The summed E-state index contributed by atoms with van der Waals surface area (Å²) >= 11 is 0. The molecule has 0 saturated carbocycles. The van der Waals surface area contributed by atoms with Gasteiger partial charge in [-0.05, 0) is 49.9 Å². The normalized spacial score (nSPS) is 11.6. The Morgan fingerprint density at radius 2 is 1.74 bits per heavy atom. The van der Waals surface area contributed by atoms with Crippen LogP contribution in [0.15, 0.2) is 11.0 Å². The predicted octanol–water partition coefficient (Wildman–Crippen LogP) is 3.58. The second-order valence-corrected chi connectivity index (χ2v) is 7.05. The van der Waals surface area contributed by atoms with Crippen LogP contribution < -0.4 is 4.74 Å². The topological polar surface area (TPSA) is 43.4 Å². The van der Waals surface area contributed by atoms with Crippen LogP contribution in [0.5, 0.6) is 5.75 Å². The summed E-state index contributed by atoms with van der Waals surface area (Å²) in [4.78, 5) is 0.488. The molecule has 0 fully saturated rings. The largest absolute Gasteiger partial charge is 0.496 e. The molecule has 0 aromatic heterocycles. The average Bonchev–Trinajstić information content (AvgIpc) is 2.33. The molecule has 0 bridgehead atoms. The van der Waals surface area contributed by atoms with Gasteiger partial charge < -0.3 is 4.74 Å². The van der Waals surface area contributed by atoms with Crippen molar-refractivity contribution in [3.8, 4) is 5.75 Å². The Bertz CT molecular complexity index is 545. The van der Waals surface area contributed by atoms with E-state index in [1.807, 2.05) is 26.8 Å². The Labute approximate surface area is 116 Å². The molecular formula is C15H24O3S. The van der Waals surface area contributed by atoms with E-state index in [0.29, 0.717) is 4.90 Å². The van der Waals surface area contributed by atoms with Crippen molar-refractivity contribution in [2.24, 2.45) is 0 Å². The highest BCUT2D eigenvalue weighted by atomic mass is 32.2. The van der Waals surface area contributed by atoms with Gasteiger partial charge in [0.05, 0.1) is 17.8 Å². The first kappa shape index (κ1) is 16.0. The molecule has 19 heavy (non-hydrogen) atoms. The first-order valence-electron chi connectivity index (χ1n) is 6.72. The molecule has 108 valence electrons. The molecule has 0 radical (unpaired) electrons. The highest BCUT2D eigenvalue weighted by molar-refractivity contribution is 7.91. The maximum atomic E-state index is 12.5. The summed E-state index contributed by atoms with van der Waals surface area (Å²) in [5.74, 6) is 0.983. The van der Waals surface area contributed by atoms with Gasteiger partial charge in [-0.1, -0.05) is 19.8 Å². The third-order valence-corrected chi connectivity index (χ3v) is 5.60. The number of unbranched alkanes of at least 4 members (excludes halogenated alkanes) is 2. The maximum absolute atomic E-state index is 12.5. The van der Waals surface area contributed by atoms with E-state index in [1.165, 1.54) is 0 Å². The fourth-order valence-electron chi connectivity index (χ4n) is 2.36. The lowest BCUT2D eigenvalue weighted by atomic mass is 10.1. The lowest BCUT2D eigenvalue weighted by molar-refractivity contribution is 0.410. The molecule has 0 aliphatic carbocycles. The molecular weight excluding hydrogens is 260 g/mol. The number of benzene rings is 1. The van der Waals surface area contributed by atoms with Gasteiger partial charge in [-0.15, -0.1) is 0 Å². The SMILES string of the molecule is CCCCCS(=O)(=O)c1c(C)cc(OC)c(C)c1C. The molecule has 0 spiro atoms. The Kier molecular flexibility index (Phi) is 5.41. The van der Waals surface area contributed by atoms with Crippen molar-refractivity contribution in [1.82, 2.24) is 0 Å². The van der Waals surface area contributed by atoms with Gasteiger partial charge in [0.2, 0.25) is 0 Å². The molecule has 1 rings (SSSR count). The zero-order valence-corrected chi connectivity index (χ0v) is 13.4. The molecule has 0 saturated heterocycles. The molecule has 0 N–H and O–H groups in total. The van der Waals surface area contributed by atoms with E-state index in [9.17, 15) is 8.42 Å². The van der Waals surface area contributed by atoms with Crippen LogP contribution in [0.4, 0.5) is 0 Å². The summed E-state index contributed by atoms with van der Waals surface area (Å²) in [5, 5.41) is 0. The Morgan fingerprint density at radius 3 is 2.26 bits per heavy atom. The van der Waals surface area contributed by atoms with Crippen LogP contribution in [0.3, 0.4) is 0 Å². The van der Waals surface area contributed by atoms with Gasteiger partial charge >= 0.3 is 0 Å². The fourth-order valence-corrected chi connectivity index (χ4v) is 4.31. The molecule has 1 aromatic carbocycles. The van der Waals surface area contributed by atoms with Crippen molar-refractivity contribution < 1.29 is 13.2 Å². The second-order valence-electron chi connectivity index (χ2n) is 5.00. The van der Waals surface area contributed by atoms with Crippen molar-refractivity contribution in [3.05, 3.63) is 22.8 Å². The van der Waals surface area contributed by atoms with Crippen molar-refractivity contribution in [1.29, 1.82) is 0 Å². The molecule has 0 unspecified atom stereocenters. The van der Waals surface area contributed by atoms with Crippen LogP contribution in [0.1, 0.15) is 42.9 Å². The molecule has 1 aromatic rings. The zero-order valence-electron chi connectivity index (χ0n) is 12.5. The smallest absolute Gasteiger partial charge is 0.178 e. The molecule has 3 nitrogen and oxygen atoms in total. The van der Waals surface area contributed by atoms with E-state index in [-0.39, 0.29) is 5.75 Å². The minimum absolute atomic E-state index is 0.230. The minimum Gasteiger partial charge on any atom is -0.496 e. The van der Waals surface area contributed by atoms with E-state index in [1.54, 1.807) is 7.11 Å². The maximum Gasteiger partial charge on any atom is 0.178 e. The van der Waals surface area contributed by atoms with Gasteiger partial charge in [-0.3, -0.25) is 0 Å². The highest BCUT2D eigenvalue weighted by Gasteiger charge is 2.22. The van der Waals surface area contributed by atoms with Gasteiger partial charge in [0.25, 0.3) is 0 Å². The Hall–Kier alpha value is -1.03. The summed E-state index contributed by atoms with van der Waals surface area (Å²) in [5.41, 5.74) is 2.49. The summed E-state index contributed by atoms with van der Waals surface area (Å²) in [7, 11) is -1.59. The predicted molar refractivity (Wildman–Crippen MR) is 78.8 cm³/mol. The number of sulfone groups is 1. The third-order valence-electron chi connectivity index (χ3n) is 3.53. The van der Waals surface area contributed by atoms with E-state index >= 15 is 0 Å². The van der Waals surface area contributed by atoms with Gasteiger partial charge in [0.1, 0.15) is 5.75 Å². The van der Waals surface area contributed by atoms with Crippen LogP contribution in [0.25, 0.3) is 0 Å². The molecule has 4 heteroatoms. The number of hydrogen-bond acceptors (Lipinski definition) is 3. The van der Waals surface area contributed by atoms with Gasteiger partial charge in [-0.25, -0.2) is 8.42 Å². The molecule has 0 amide bonds. The van der Waals surface area contributed by atoms with Crippen LogP contribution in [-0.4, -0.2) is 21.3 Å². The van der Waals surface area contributed by atoms with Gasteiger partial charge in [0, 0.05) is 0 Å². The first-order chi connectivity index (χ1) is 8.85. The van der Waals surface area contributed by atoms with E-state index in [2.05, 4.69) is 6.92 Å². The van der Waals surface area contributed by atoms with Crippen molar-refractivity contribution in [2.45, 2.75) is 51.9 Å². The first-order valence-corrected chi connectivity index (χ1v) is 8.38. The van der Waals surface area contributed by atoms with Gasteiger partial charge in [-0.2, -0.15) is 0 Å². The van der Waals surface area contributed by atoms with Gasteiger partial charge in [0.15, 0.2) is 9.84 Å². The average molecular weight is 284 g/mol. The number of rotatable bonds is 6. The molecule has 0 aliphatic rings. The molecule has 0 aliphatic heterocycles. The third kappa shape index (κ3) is 3.50. The standard InChI is InChI=1S/C15H24O3S/c1-6-7-8-9-19(16,17)15-11(2)10-14(18-5)12(3)13(15)4/h10H,6-9H2,1-5H3. The highest BCUT2D eigenvalue weighted by Crippen LogP contribution is 2.31. The van der Waals surface area contributed by atoms with Crippen LogP contribution in [0, 0.1) is 20.8 Å². The zero-order chi connectivity index (χ0) is 14.6. The lowest BCUT2D eigenvalue weighted by Crippen LogP contribution is -2.12. The Morgan fingerprint density at radius 1 is 1.11 bits per heavy atom. The Balaban J connectivity index is 3.24. The van der Waals surface area contributed by atoms with Crippen molar-refractivity contribution >= 4 is 9.84 Å². The van der Waals surface area contributed by atoms with Crippen LogP contribution >= 0.6 is 0 Å². The lowest BCUT2D eigenvalue weighted by Gasteiger charge is -2.16. The second kappa shape index (κ2) is 6.42. The monoisotopic (exact) mass is 284 g/mol. The molecule has 0 heterocycles. The fraction of sp³-hybridized carbons (Fsp3) is 0.600. The van der Waals surface area contributed by atoms with Crippen molar-refractivity contribution in [3.63, 3.8) is 0 Å². The summed E-state index contributed by atoms with van der Waals surface area (Å²) < 4.78 is 30.2. The van der Waals surface area contributed by atoms with Crippen LogP contribution in [-0.2, 0) is 9.84 Å². The van der Waals surface area contributed by atoms with Crippen molar-refractivity contribution in [2.75, 3.05) is 12.9 Å². The minimum atomic E-state index is -3.20. The summed E-state index contributed by atoms with van der Waals surface area (Å²) in [6, 6.07) is 1.81. The van der Waals surface area contributed by atoms with E-state index in [4.69, 9.17) is 4.74 Å². The van der Waals surface area contributed by atoms with Crippen LogP contribution in [0.2, 0.25) is 0 Å².